The van der Waals surface area contributed by atoms with Gasteiger partial charge in [-0.15, -0.1) is 0 Å². The lowest BCUT2D eigenvalue weighted by Gasteiger charge is -2.29. The molecule has 0 bridgehead atoms. The quantitative estimate of drug-likeness (QED) is 0.830. The van der Waals surface area contributed by atoms with Crippen LogP contribution in [-0.2, 0) is 10.2 Å². The number of hydrogen-bond acceptors (Lipinski definition) is 3. The molecule has 0 aliphatic carbocycles. The van der Waals surface area contributed by atoms with Crippen molar-refractivity contribution in [1.29, 1.82) is 5.26 Å². The van der Waals surface area contributed by atoms with Crippen LogP contribution in [0.2, 0.25) is 0 Å². The van der Waals surface area contributed by atoms with Gasteiger partial charge in [-0.25, -0.2) is 4.39 Å². The summed E-state index contributed by atoms with van der Waals surface area (Å²) in [6.45, 7) is 3.28. The summed E-state index contributed by atoms with van der Waals surface area (Å²) in [5.74, 6) is -1.77. The second kappa shape index (κ2) is 4.52. The first kappa shape index (κ1) is 13.1. The van der Waals surface area contributed by atoms with E-state index in [0.29, 0.717) is 5.56 Å². The van der Waals surface area contributed by atoms with Crippen molar-refractivity contribution < 1.29 is 14.3 Å². The second-order valence-corrected chi connectivity index (χ2v) is 4.34. The maximum absolute atomic E-state index is 13.1. The van der Waals surface area contributed by atoms with E-state index in [4.69, 9.17) is 16.1 Å². The number of nitrogens with zero attached hydrogens (tertiary/aromatic N) is 1. The van der Waals surface area contributed by atoms with Gasteiger partial charge in [0.1, 0.15) is 17.9 Å². The van der Waals surface area contributed by atoms with Crippen molar-refractivity contribution in [3.05, 3.63) is 35.1 Å². The van der Waals surface area contributed by atoms with E-state index in [1.807, 2.05) is 0 Å². The zero-order chi connectivity index (χ0) is 13.2. The summed E-state index contributed by atoms with van der Waals surface area (Å²) < 4.78 is 13.1. The highest BCUT2D eigenvalue weighted by Gasteiger charge is 2.34. The van der Waals surface area contributed by atoms with E-state index in [9.17, 15) is 9.18 Å². The summed E-state index contributed by atoms with van der Waals surface area (Å²) in [7, 11) is 0. The Kier molecular flexibility index (Phi) is 3.49. The normalized spacial score (nSPS) is 12.9. The fraction of sp³-hybridized carbons (Fsp3) is 0.333. The summed E-state index contributed by atoms with van der Waals surface area (Å²) in [4.78, 5) is 10.9. The molecular weight excluding hydrogens is 223 g/mol. The van der Waals surface area contributed by atoms with Crippen LogP contribution in [0.15, 0.2) is 18.2 Å². The van der Waals surface area contributed by atoms with Crippen molar-refractivity contribution in [3.8, 4) is 6.07 Å². The Hall–Kier alpha value is -1.93. The molecule has 1 atom stereocenters. The molecule has 1 unspecified atom stereocenters. The maximum Gasteiger partial charge on any atom is 0.321 e. The van der Waals surface area contributed by atoms with Gasteiger partial charge in [0.15, 0.2) is 0 Å². The summed E-state index contributed by atoms with van der Waals surface area (Å²) in [5, 5.41) is 17.6. The molecule has 4 nitrogen and oxygen atoms in total. The Morgan fingerprint density at radius 3 is 2.65 bits per heavy atom. The molecule has 0 fully saturated rings. The molecule has 0 radical (unpaired) electrons. The highest BCUT2D eigenvalue weighted by Crippen LogP contribution is 2.27. The molecule has 0 saturated carbocycles. The SMILES string of the molecule is CC(C)(c1ccc(F)c(C#N)c1)C(N)C(=O)O. The van der Waals surface area contributed by atoms with Crippen LogP contribution in [0.1, 0.15) is 25.0 Å². The van der Waals surface area contributed by atoms with Crippen LogP contribution < -0.4 is 5.73 Å². The Bertz CT molecular complexity index is 492. The number of carboxylic acids is 1. The van der Waals surface area contributed by atoms with Crippen LogP contribution in [0, 0.1) is 17.1 Å². The average molecular weight is 236 g/mol. The highest BCUT2D eigenvalue weighted by atomic mass is 19.1. The average Bonchev–Trinajstić information content (AvgIpc) is 2.28. The predicted octanol–water partition coefficient (Wildman–Crippen LogP) is 1.39. The Morgan fingerprint density at radius 1 is 1.59 bits per heavy atom. The third kappa shape index (κ3) is 2.43. The van der Waals surface area contributed by atoms with Gasteiger partial charge in [0.2, 0.25) is 0 Å². The molecule has 1 aromatic carbocycles. The lowest BCUT2D eigenvalue weighted by molar-refractivity contribution is -0.140. The van der Waals surface area contributed by atoms with E-state index < -0.39 is 23.2 Å². The fourth-order valence-corrected chi connectivity index (χ4v) is 1.50. The molecule has 17 heavy (non-hydrogen) atoms. The van der Waals surface area contributed by atoms with Crippen molar-refractivity contribution in [2.75, 3.05) is 0 Å². The lowest BCUT2D eigenvalue weighted by atomic mass is 9.77. The molecule has 1 rings (SSSR count). The van der Waals surface area contributed by atoms with Gasteiger partial charge in [0, 0.05) is 5.41 Å². The maximum atomic E-state index is 13.1. The number of nitrogens with two attached hydrogens (primary N) is 1. The van der Waals surface area contributed by atoms with Gasteiger partial charge in [0.25, 0.3) is 0 Å². The fourth-order valence-electron chi connectivity index (χ4n) is 1.50. The molecule has 3 N–H and O–H groups in total. The van der Waals surface area contributed by atoms with Gasteiger partial charge in [-0.3, -0.25) is 4.79 Å². The number of benzene rings is 1. The van der Waals surface area contributed by atoms with Gasteiger partial charge in [-0.05, 0) is 17.7 Å². The zero-order valence-corrected chi connectivity index (χ0v) is 9.57. The Labute approximate surface area is 98.5 Å². The monoisotopic (exact) mass is 236 g/mol. The van der Waals surface area contributed by atoms with Gasteiger partial charge in [-0.1, -0.05) is 19.9 Å². The molecule has 0 aliphatic heterocycles. The number of carbonyl (C=O) groups is 1. The topological polar surface area (TPSA) is 87.1 Å². The minimum absolute atomic E-state index is 0.117. The zero-order valence-electron chi connectivity index (χ0n) is 9.57. The Morgan fingerprint density at radius 2 is 2.18 bits per heavy atom. The van der Waals surface area contributed by atoms with Crippen LogP contribution in [0.3, 0.4) is 0 Å². The first-order valence-electron chi connectivity index (χ1n) is 4.99. The molecule has 0 heterocycles. The first-order valence-corrected chi connectivity index (χ1v) is 4.99. The molecule has 0 amide bonds. The summed E-state index contributed by atoms with van der Waals surface area (Å²) in [6.07, 6.45) is 0. The van der Waals surface area contributed by atoms with E-state index >= 15 is 0 Å². The number of carboxylic acid groups (broad SMARTS) is 1. The third-order valence-corrected chi connectivity index (χ3v) is 2.87. The second-order valence-electron chi connectivity index (χ2n) is 4.34. The van der Waals surface area contributed by atoms with E-state index in [0.717, 1.165) is 6.07 Å². The van der Waals surface area contributed by atoms with Gasteiger partial charge in [-0.2, -0.15) is 5.26 Å². The van der Waals surface area contributed by atoms with Crippen molar-refractivity contribution >= 4 is 5.97 Å². The van der Waals surface area contributed by atoms with Crippen LogP contribution in [-0.4, -0.2) is 17.1 Å². The standard InChI is InChI=1S/C12H13FN2O2/c1-12(2,10(15)11(16)17)8-3-4-9(13)7(5-8)6-14/h3-5,10H,15H2,1-2H3,(H,16,17). The lowest BCUT2D eigenvalue weighted by Crippen LogP contribution is -2.46. The van der Waals surface area contributed by atoms with E-state index in [1.165, 1.54) is 12.1 Å². The van der Waals surface area contributed by atoms with Crippen molar-refractivity contribution in [2.24, 2.45) is 5.73 Å². The molecule has 1 aromatic rings. The first-order chi connectivity index (χ1) is 7.80. The largest absolute Gasteiger partial charge is 0.480 e. The van der Waals surface area contributed by atoms with Crippen LogP contribution in [0.25, 0.3) is 0 Å². The molecule has 0 saturated heterocycles. The highest BCUT2D eigenvalue weighted by molar-refractivity contribution is 5.75. The van der Waals surface area contributed by atoms with E-state index in [2.05, 4.69) is 0 Å². The van der Waals surface area contributed by atoms with Gasteiger partial charge >= 0.3 is 5.97 Å². The number of aliphatic carboxylic acids is 1. The molecule has 0 aromatic heterocycles. The van der Waals surface area contributed by atoms with Gasteiger partial charge in [0.05, 0.1) is 5.56 Å². The predicted molar refractivity (Wildman–Crippen MR) is 59.8 cm³/mol. The van der Waals surface area contributed by atoms with E-state index in [1.54, 1.807) is 19.9 Å². The molecule has 5 heteroatoms. The van der Waals surface area contributed by atoms with Crippen LogP contribution in [0.4, 0.5) is 4.39 Å². The van der Waals surface area contributed by atoms with Crippen LogP contribution >= 0.6 is 0 Å². The molecule has 90 valence electrons. The third-order valence-electron chi connectivity index (χ3n) is 2.87. The van der Waals surface area contributed by atoms with Crippen LogP contribution in [0.5, 0.6) is 0 Å². The molecular formula is C12H13FN2O2. The number of nitriles is 1. The minimum atomic E-state index is -1.14. The smallest absolute Gasteiger partial charge is 0.321 e. The number of halogens is 1. The summed E-state index contributed by atoms with van der Waals surface area (Å²) in [6, 6.07) is 4.51. The minimum Gasteiger partial charge on any atom is -0.480 e. The summed E-state index contributed by atoms with van der Waals surface area (Å²) >= 11 is 0. The molecule has 0 spiro atoms. The summed E-state index contributed by atoms with van der Waals surface area (Å²) in [5.41, 5.74) is 5.10. The van der Waals surface area contributed by atoms with E-state index in [-0.39, 0.29) is 5.56 Å². The van der Waals surface area contributed by atoms with Crippen molar-refractivity contribution in [1.82, 2.24) is 0 Å². The Balaban J connectivity index is 3.25. The van der Waals surface area contributed by atoms with Crippen molar-refractivity contribution in [3.63, 3.8) is 0 Å². The van der Waals surface area contributed by atoms with Gasteiger partial charge < -0.3 is 10.8 Å². The van der Waals surface area contributed by atoms with Crippen molar-refractivity contribution in [2.45, 2.75) is 25.3 Å². The number of rotatable bonds is 3. The molecule has 0 aliphatic rings. The number of hydrogen-bond donors (Lipinski definition) is 2.